The Morgan fingerprint density at radius 3 is 2.56 bits per heavy atom. The van der Waals surface area contributed by atoms with Gasteiger partial charge in [-0.3, -0.25) is 4.55 Å². The van der Waals surface area contributed by atoms with Gasteiger partial charge in [-0.05, 0) is 13.8 Å². The molecule has 12 heteroatoms. The Morgan fingerprint density at radius 1 is 1.28 bits per heavy atom. The number of aliphatic hydroxyl groups excluding tert-OH is 3. The third-order valence-electron chi connectivity index (χ3n) is 4.47. The van der Waals surface area contributed by atoms with E-state index in [1.54, 1.807) is 13.8 Å². The van der Waals surface area contributed by atoms with E-state index in [9.17, 15) is 23.7 Å². The van der Waals surface area contributed by atoms with Gasteiger partial charge in [0.2, 0.25) is 0 Å². The molecular formula is C13H23O10S2+. The van der Waals surface area contributed by atoms with E-state index < -0.39 is 69.1 Å². The smallest absolute Gasteiger partial charge is 0.391 e. The maximum Gasteiger partial charge on any atom is 0.397 e. The lowest BCUT2D eigenvalue weighted by molar-refractivity contribution is -0.210. The van der Waals surface area contributed by atoms with E-state index in [0.29, 0.717) is 0 Å². The average Bonchev–Trinajstić information content (AvgIpc) is 3.01. The summed E-state index contributed by atoms with van der Waals surface area (Å²) in [7, 11) is -5.38. The number of rotatable bonds is 5. The molecule has 0 aromatic carbocycles. The molecule has 3 rings (SSSR count). The minimum absolute atomic E-state index is 0.222. The molecule has 8 atom stereocenters. The fourth-order valence-corrected chi connectivity index (χ4v) is 6.70. The molecular weight excluding hydrogens is 380 g/mol. The summed E-state index contributed by atoms with van der Waals surface area (Å²) < 4.78 is 53.2. The van der Waals surface area contributed by atoms with Crippen LogP contribution in [0.15, 0.2) is 0 Å². The van der Waals surface area contributed by atoms with Crippen molar-refractivity contribution in [1.82, 2.24) is 0 Å². The van der Waals surface area contributed by atoms with Crippen LogP contribution in [0.2, 0.25) is 0 Å². The lowest BCUT2D eigenvalue weighted by Gasteiger charge is -2.24. The van der Waals surface area contributed by atoms with E-state index in [1.807, 2.05) is 0 Å². The summed E-state index contributed by atoms with van der Waals surface area (Å²) in [6.07, 6.45) is -5.67. The topological polar surface area (TPSA) is 152 Å². The Kier molecular flexibility index (Phi) is 5.41. The van der Waals surface area contributed by atoms with Crippen LogP contribution in [0.5, 0.6) is 0 Å². The molecule has 3 heterocycles. The molecule has 0 amide bonds. The molecule has 3 saturated heterocycles. The van der Waals surface area contributed by atoms with Gasteiger partial charge in [0.25, 0.3) is 0 Å². The summed E-state index contributed by atoms with van der Waals surface area (Å²) >= 11 is 0. The molecule has 3 aliphatic heterocycles. The summed E-state index contributed by atoms with van der Waals surface area (Å²) in [5, 5.41) is 28.7. The molecule has 0 bridgehead atoms. The van der Waals surface area contributed by atoms with Gasteiger partial charge in [0, 0.05) is 10.9 Å². The highest BCUT2D eigenvalue weighted by Gasteiger charge is 2.60. The van der Waals surface area contributed by atoms with E-state index >= 15 is 0 Å². The van der Waals surface area contributed by atoms with Crippen LogP contribution in [0.3, 0.4) is 0 Å². The lowest BCUT2D eigenvalue weighted by Crippen LogP contribution is -2.43. The van der Waals surface area contributed by atoms with Gasteiger partial charge in [0.1, 0.15) is 42.0 Å². The normalized spacial score (nSPS) is 46.5. The monoisotopic (exact) mass is 403 g/mol. The van der Waals surface area contributed by atoms with Gasteiger partial charge >= 0.3 is 10.4 Å². The van der Waals surface area contributed by atoms with Crippen LogP contribution in [0.25, 0.3) is 0 Å². The summed E-state index contributed by atoms with van der Waals surface area (Å²) in [5.41, 5.74) is 0. The zero-order valence-corrected chi connectivity index (χ0v) is 15.4. The molecule has 0 spiro atoms. The van der Waals surface area contributed by atoms with Crippen molar-refractivity contribution in [1.29, 1.82) is 0 Å². The molecule has 0 aromatic heterocycles. The van der Waals surface area contributed by atoms with Crippen LogP contribution in [-0.2, 0) is 39.7 Å². The first kappa shape index (κ1) is 19.7. The molecule has 0 aliphatic carbocycles. The Hall–Kier alpha value is -0.0200. The molecule has 3 fully saturated rings. The van der Waals surface area contributed by atoms with Gasteiger partial charge in [-0.15, -0.1) is 0 Å². The van der Waals surface area contributed by atoms with Gasteiger partial charge in [-0.1, -0.05) is 0 Å². The number of hydrogen-bond donors (Lipinski definition) is 4. The van der Waals surface area contributed by atoms with Crippen molar-refractivity contribution in [3.8, 4) is 0 Å². The largest absolute Gasteiger partial charge is 0.397 e. The molecule has 0 radical (unpaired) electrons. The molecule has 0 aromatic rings. The van der Waals surface area contributed by atoms with Crippen molar-refractivity contribution in [3.63, 3.8) is 0 Å². The van der Waals surface area contributed by atoms with Gasteiger partial charge in [0.15, 0.2) is 17.3 Å². The van der Waals surface area contributed by atoms with Gasteiger partial charge in [-0.25, -0.2) is 4.18 Å². The first-order valence-electron chi connectivity index (χ1n) is 7.81. The fourth-order valence-electron chi connectivity index (χ4n) is 3.44. The number of fused-ring (bicyclic) bond motifs is 1. The predicted molar refractivity (Wildman–Crippen MR) is 85.1 cm³/mol. The quantitative estimate of drug-likeness (QED) is 0.293. The van der Waals surface area contributed by atoms with Crippen LogP contribution < -0.4 is 0 Å². The first-order valence-corrected chi connectivity index (χ1v) is 10.8. The highest BCUT2D eigenvalue weighted by atomic mass is 32.3. The summed E-state index contributed by atoms with van der Waals surface area (Å²) in [6.45, 7) is 2.97. The molecule has 146 valence electrons. The highest BCUT2D eigenvalue weighted by molar-refractivity contribution is 7.97. The Morgan fingerprint density at radius 2 is 1.96 bits per heavy atom. The zero-order chi connectivity index (χ0) is 18.6. The molecule has 4 N–H and O–H groups in total. The number of hydrogen-bond acceptors (Lipinski definition) is 9. The van der Waals surface area contributed by atoms with Crippen molar-refractivity contribution >= 4 is 21.3 Å². The van der Waals surface area contributed by atoms with E-state index in [-0.39, 0.29) is 18.1 Å². The first-order chi connectivity index (χ1) is 11.5. The van der Waals surface area contributed by atoms with Crippen LogP contribution >= 0.6 is 0 Å². The SMILES string of the molecule is CC1(C)O[C@H]2O[C@H](C[S+]3C[C@@H](O)[C@H](O)[C@H]3CO)[C@H](OS(=O)(=O)O)[C@H]2O1. The number of aliphatic hydroxyl groups is 3. The molecule has 25 heavy (non-hydrogen) atoms. The summed E-state index contributed by atoms with van der Waals surface area (Å²) in [5.74, 6) is -0.510. The van der Waals surface area contributed by atoms with E-state index in [0.717, 1.165) is 0 Å². The Labute approximate surface area is 148 Å². The summed E-state index contributed by atoms with van der Waals surface area (Å²) in [4.78, 5) is 0. The van der Waals surface area contributed by atoms with E-state index in [4.69, 9.17) is 22.9 Å². The fraction of sp³-hybridized carbons (Fsp3) is 1.00. The van der Waals surface area contributed by atoms with Gasteiger partial charge in [0.05, 0.1) is 6.61 Å². The summed E-state index contributed by atoms with van der Waals surface area (Å²) in [6, 6.07) is 0. The molecule has 1 unspecified atom stereocenters. The van der Waals surface area contributed by atoms with Crippen LogP contribution in [-0.4, -0.2) is 94.2 Å². The minimum Gasteiger partial charge on any atom is -0.391 e. The van der Waals surface area contributed by atoms with Crippen molar-refractivity contribution in [2.75, 3.05) is 18.1 Å². The van der Waals surface area contributed by atoms with Gasteiger partial charge in [-0.2, -0.15) is 8.42 Å². The van der Waals surface area contributed by atoms with Crippen molar-refractivity contribution in [3.05, 3.63) is 0 Å². The van der Waals surface area contributed by atoms with Crippen molar-refractivity contribution < 1.29 is 46.7 Å². The van der Waals surface area contributed by atoms with Gasteiger partial charge < -0.3 is 29.5 Å². The molecule has 10 nitrogen and oxygen atoms in total. The predicted octanol–water partition coefficient (Wildman–Crippen LogP) is -2.23. The van der Waals surface area contributed by atoms with Crippen molar-refractivity contribution in [2.24, 2.45) is 0 Å². The van der Waals surface area contributed by atoms with Crippen LogP contribution in [0.1, 0.15) is 13.8 Å². The van der Waals surface area contributed by atoms with Crippen LogP contribution in [0, 0.1) is 0 Å². The zero-order valence-electron chi connectivity index (χ0n) is 13.7. The highest BCUT2D eigenvalue weighted by Crippen LogP contribution is 2.40. The third kappa shape index (κ3) is 4.13. The minimum atomic E-state index is -4.75. The Bertz CT molecular complexity index is 596. The number of ether oxygens (including phenoxy) is 3. The second-order valence-corrected chi connectivity index (χ2v) is 10.2. The van der Waals surface area contributed by atoms with E-state index in [2.05, 4.69) is 0 Å². The van der Waals surface area contributed by atoms with E-state index in [1.165, 1.54) is 0 Å². The maximum atomic E-state index is 11.2. The standard InChI is InChI=1S/C13H22O10S2/c1-13(2)21-11-10(23-25(17,18)19)7(20-12(11)22-13)5-24-4-6(15)9(16)8(24)3-14/h6-12,14-16H,3-5H2,1-2H3/p+1/t6-,7-,8-,9+,10+,11-,12-,24?/m1/s1. The second-order valence-electron chi connectivity index (χ2n) is 6.78. The Balaban J connectivity index is 1.76. The van der Waals surface area contributed by atoms with Crippen molar-refractivity contribution in [2.45, 2.75) is 61.7 Å². The van der Waals surface area contributed by atoms with Crippen LogP contribution in [0.4, 0.5) is 0 Å². The maximum absolute atomic E-state index is 11.2. The lowest BCUT2D eigenvalue weighted by atomic mass is 10.1. The molecule has 3 aliphatic rings. The second kappa shape index (κ2) is 6.86. The average molecular weight is 403 g/mol. The third-order valence-corrected chi connectivity index (χ3v) is 7.74. The molecule has 0 saturated carbocycles.